The highest BCUT2D eigenvalue weighted by atomic mass is 32.2. The van der Waals surface area contributed by atoms with E-state index in [-0.39, 0.29) is 11.2 Å². The maximum atomic E-state index is 13.1. The topological polar surface area (TPSA) is 59.0 Å². The largest absolute Gasteiger partial charge is 0.337 e. The van der Waals surface area contributed by atoms with Crippen LogP contribution in [0.2, 0.25) is 0 Å². The molecule has 0 bridgehead atoms. The molecule has 5 rings (SSSR count). The molecule has 1 atom stereocenters. The van der Waals surface area contributed by atoms with Crippen LogP contribution in [0.3, 0.4) is 0 Å². The smallest absolute Gasteiger partial charge is 0.236 e. The van der Waals surface area contributed by atoms with Crippen molar-refractivity contribution in [3.63, 3.8) is 0 Å². The summed E-state index contributed by atoms with van der Waals surface area (Å²) in [6, 6.07) is 22.1. The summed E-state index contributed by atoms with van der Waals surface area (Å²) in [4.78, 5) is 21.3. The molecule has 0 N–H and O–H groups in total. The number of hydrogen-bond donors (Lipinski definition) is 0. The van der Waals surface area contributed by atoms with Gasteiger partial charge in [0.05, 0.1) is 5.25 Å². The van der Waals surface area contributed by atoms with Crippen molar-refractivity contribution in [2.75, 3.05) is 6.54 Å². The maximum absolute atomic E-state index is 13.1. The molecule has 1 amide bonds. The van der Waals surface area contributed by atoms with E-state index >= 15 is 0 Å². The number of benzene rings is 2. The SMILES string of the molecule is CC(Sc1nnc(-c2ccccc2)c(-c2ccccc2)n1)C(=O)N1CCc2sccc2C1. The van der Waals surface area contributed by atoms with Crippen molar-refractivity contribution < 1.29 is 4.79 Å². The van der Waals surface area contributed by atoms with Crippen molar-refractivity contribution in [2.24, 2.45) is 0 Å². The van der Waals surface area contributed by atoms with Gasteiger partial charge in [-0.3, -0.25) is 4.79 Å². The van der Waals surface area contributed by atoms with E-state index < -0.39 is 0 Å². The second-order valence-corrected chi connectivity index (χ2v) is 9.97. The molecule has 1 aliphatic heterocycles. The van der Waals surface area contributed by atoms with Gasteiger partial charge in [-0.05, 0) is 30.4 Å². The quantitative estimate of drug-likeness (QED) is 0.378. The Morgan fingerprint density at radius 1 is 0.969 bits per heavy atom. The van der Waals surface area contributed by atoms with E-state index in [1.54, 1.807) is 11.3 Å². The Hall–Kier alpha value is -3.03. The molecule has 5 nitrogen and oxygen atoms in total. The first kappa shape index (κ1) is 20.8. The van der Waals surface area contributed by atoms with Crippen LogP contribution in [-0.2, 0) is 17.8 Å². The Morgan fingerprint density at radius 2 is 1.66 bits per heavy atom. The molecule has 2 aromatic heterocycles. The minimum Gasteiger partial charge on any atom is -0.337 e. The van der Waals surface area contributed by atoms with Gasteiger partial charge in [0.15, 0.2) is 0 Å². The van der Waals surface area contributed by atoms with Crippen molar-refractivity contribution in [3.05, 3.63) is 82.6 Å². The van der Waals surface area contributed by atoms with E-state index in [1.807, 2.05) is 72.5 Å². The number of fused-ring (bicyclic) bond motifs is 1. The first-order valence-electron chi connectivity index (χ1n) is 10.6. The molecular weight excluding hydrogens is 436 g/mol. The number of amides is 1. The third kappa shape index (κ3) is 4.31. The number of thioether (sulfide) groups is 1. The highest BCUT2D eigenvalue weighted by Crippen LogP contribution is 2.31. The zero-order chi connectivity index (χ0) is 21.9. The summed E-state index contributed by atoms with van der Waals surface area (Å²) in [5, 5.41) is 11.2. The fourth-order valence-electron chi connectivity index (χ4n) is 3.85. The Kier molecular flexibility index (Phi) is 6.01. The van der Waals surface area contributed by atoms with Crippen LogP contribution in [0.5, 0.6) is 0 Å². The van der Waals surface area contributed by atoms with E-state index in [0.717, 1.165) is 35.5 Å². The first-order valence-corrected chi connectivity index (χ1v) is 12.3. The lowest BCUT2D eigenvalue weighted by molar-refractivity contribution is -0.131. The van der Waals surface area contributed by atoms with Crippen LogP contribution in [0.25, 0.3) is 22.5 Å². The minimum absolute atomic E-state index is 0.115. The van der Waals surface area contributed by atoms with E-state index in [2.05, 4.69) is 21.6 Å². The third-order valence-electron chi connectivity index (χ3n) is 5.51. The van der Waals surface area contributed by atoms with Gasteiger partial charge in [0.2, 0.25) is 11.1 Å². The van der Waals surface area contributed by atoms with Crippen LogP contribution >= 0.6 is 23.1 Å². The van der Waals surface area contributed by atoms with Gasteiger partial charge in [0, 0.05) is 29.1 Å². The summed E-state index contributed by atoms with van der Waals surface area (Å²) in [6.07, 6.45) is 0.929. The molecule has 1 aliphatic rings. The Bertz CT molecular complexity index is 1230. The summed E-state index contributed by atoms with van der Waals surface area (Å²) >= 11 is 3.15. The van der Waals surface area contributed by atoms with Gasteiger partial charge in [0.25, 0.3) is 0 Å². The second-order valence-electron chi connectivity index (χ2n) is 7.66. The van der Waals surface area contributed by atoms with Gasteiger partial charge in [-0.25, -0.2) is 4.98 Å². The van der Waals surface area contributed by atoms with E-state index in [0.29, 0.717) is 11.7 Å². The highest BCUT2D eigenvalue weighted by Gasteiger charge is 2.27. The Balaban J connectivity index is 1.40. The Labute approximate surface area is 195 Å². The Morgan fingerprint density at radius 3 is 2.38 bits per heavy atom. The molecule has 0 spiro atoms. The fourth-order valence-corrected chi connectivity index (χ4v) is 5.54. The van der Waals surface area contributed by atoms with Crippen LogP contribution in [0.4, 0.5) is 0 Å². The summed E-state index contributed by atoms with van der Waals surface area (Å²) in [7, 11) is 0. The third-order valence-corrected chi connectivity index (χ3v) is 7.47. The normalized spacial score (nSPS) is 14.1. The molecule has 2 aromatic carbocycles. The lowest BCUT2D eigenvalue weighted by Gasteiger charge is -2.29. The standard InChI is InChI=1S/C25H22N4OS2/c1-17(24(30)29-14-12-21-20(16-29)13-15-31-21)32-25-26-22(18-8-4-2-5-9-18)23(27-28-25)19-10-6-3-7-11-19/h2-11,13,15,17H,12,14,16H2,1H3. The number of thiophene rings is 1. The summed E-state index contributed by atoms with van der Waals surface area (Å²) in [5.41, 5.74) is 4.72. The number of hydrogen-bond acceptors (Lipinski definition) is 6. The van der Waals surface area contributed by atoms with Crippen LogP contribution in [0.1, 0.15) is 17.4 Å². The van der Waals surface area contributed by atoms with Crippen molar-refractivity contribution in [3.8, 4) is 22.5 Å². The average molecular weight is 459 g/mol. The van der Waals surface area contributed by atoms with Crippen LogP contribution < -0.4 is 0 Å². The van der Waals surface area contributed by atoms with Crippen molar-refractivity contribution in [1.29, 1.82) is 0 Å². The zero-order valence-corrected chi connectivity index (χ0v) is 19.3. The van der Waals surface area contributed by atoms with Gasteiger partial charge in [0.1, 0.15) is 11.4 Å². The van der Waals surface area contributed by atoms with E-state index in [4.69, 9.17) is 4.98 Å². The molecule has 3 heterocycles. The van der Waals surface area contributed by atoms with Gasteiger partial charge >= 0.3 is 0 Å². The molecule has 0 saturated carbocycles. The number of aromatic nitrogens is 3. The molecule has 0 saturated heterocycles. The molecule has 160 valence electrons. The molecule has 1 unspecified atom stereocenters. The van der Waals surface area contributed by atoms with E-state index in [9.17, 15) is 4.79 Å². The van der Waals surface area contributed by atoms with Crippen molar-refractivity contribution in [2.45, 2.75) is 30.3 Å². The maximum Gasteiger partial charge on any atom is 0.236 e. The molecule has 32 heavy (non-hydrogen) atoms. The van der Waals surface area contributed by atoms with Crippen LogP contribution in [0.15, 0.2) is 77.3 Å². The predicted octanol–water partition coefficient (Wildman–Crippen LogP) is 5.33. The molecule has 0 aliphatic carbocycles. The molecular formula is C25H22N4OS2. The summed E-state index contributed by atoms with van der Waals surface area (Å²) < 4.78 is 0. The van der Waals surface area contributed by atoms with Gasteiger partial charge in [-0.1, -0.05) is 72.4 Å². The van der Waals surface area contributed by atoms with Crippen LogP contribution in [0, 0.1) is 0 Å². The highest BCUT2D eigenvalue weighted by molar-refractivity contribution is 8.00. The average Bonchev–Trinajstić information content (AvgIpc) is 3.32. The van der Waals surface area contributed by atoms with Crippen LogP contribution in [-0.4, -0.2) is 37.8 Å². The minimum atomic E-state index is -0.289. The first-order chi connectivity index (χ1) is 15.7. The summed E-state index contributed by atoms with van der Waals surface area (Å²) in [5.74, 6) is 0.115. The van der Waals surface area contributed by atoms with E-state index in [1.165, 1.54) is 22.2 Å². The molecule has 0 radical (unpaired) electrons. The van der Waals surface area contributed by atoms with Crippen molar-refractivity contribution >= 4 is 29.0 Å². The van der Waals surface area contributed by atoms with Crippen molar-refractivity contribution in [1.82, 2.24) is 20.1 Å². The monoisotopic (exact) mass is 458 g/mol. The number of rotatable bonds is 5. The lowest BCUT2D eigenvalue weighted by atomic mass is 10.0. The van der Waals surface area contributed by atoms with Gasteiger partial charge in [-0.15, -0.1) is 21.5 Å². The zero-order valence-electron chi connectivity index (χ0n) is 17.6. The predicted molar refractivity (Wildman–Crippen MR) is 129 cm³/mol. The second kappa shape index (κ2) is 9.22. The summed E-state index contributed by atoms with van der Waals surface area (Å²) in [6.45, 7) is 3.37. The molecule has 0 fully saturated rings. The number of nitrogens with zero attached hydrogens (tertiary/aromatic N) is 4. The van der Waals surface area contributed by atoms with Gasteiger partial charge in [-0.2, -0.15) is 0 Å². The number of carbonyl (C=O) groups is 1. The molecule has 7 heteroatoms. The number of carbonyl (C=O) groups excluding carboxylic acids is 1. The fraction of sp³-hybridized carbons (Fsp3) is 0.200. The molecule has 4 aromatic rings. The van der Waals surface area contributed by atoms with Gasteiger partial charge < -0.3 is 4.90 Å². The lowest BCUT2D eigenvalue weighted by Crippen LogP contribution is -2.39.